The molecule has 0 spiro atoms. The molecule has 1 atom stereocenters. The monoisotopic (exact) mass is 361 g/mol. The molecule has 1 fully saturated rings. The third-order valence-corrected chi connectivity index (χ3v) is 6.04. The van der Waals surface area contributed by atoms with Crippen LogP contribution in [0.15, 0.2) is 30.3 Å². The van der Waals surface area contributed by atoms with Crippen LogP contribution < -0.4 is 5.32 Å². The number of aryl methyl sites for hydroxylation is 1. The summed E-state index contributed by atoms with van der Waals surface area (Å²) in [7, 11) is -3.04. The number of carbonyl (C=O) groups is 1. The van der Waals surface area contributed by atoms with Gasteiger partial charge in [-0.05, 0) is 38.8 Å². The molecule has 7 heteroatoms. The SMILES string of the molecule is Cc1ccc(-c2cc(C(=O)NC(C)C)nn2[C@@H]2CCS(=O)(=O)C2)cc1. The van der Waals surface area contributed by atoms with Crippen molar-refractivity contribution in [1.29, 1.82) is 0 Å². The predicted molar refractivity (Wildman–Crippen MR) is 97.3 cm³/mol. The van der Waals surface area contributed by atoms with Gasteiger partial charge < -0.3 is 5.32 Å². The Morgan fingerprint density at radius 2 is 1.96 bits per heavy atom. The van der Waals surface area contributed by atoms with E-state index >= 15 is 0 Å². The molecule has 0 radical (unpaired) electrons. The van der Waals surface area contributed by atoms with Crippen molar-refractivity contribution in [2.45, 2.75) is 39.3 Å². The van der Waals surface area contributed by atoms with Gasteiger partial charge in [0.2, 0.25) is 0 Å². The molecule has 0 aliphatic carbocycles. The molecule has 2 aromatic rings. The Bertz CT molecular complexity index is 883. The second-order valence-electron chi connectivity index (χ2n) is 6.91. The van der Waals surface area contributed by atoms with Gasteiger partial charge in [-0.25, -0.2) is 8.42 Å². The van der Waals surface area contributed by atoms with Gasteiger partial charge in [0.25, 0.3) is 5.91 Å². The van der Waals surface area contributed by atoms with Crippen LogP contribution in [-0.4, -0.2) is 41.7 Å². The standard InChI is InChI=1S/C18H23N3O3S/c1-12(2)19-18(22)16-10-17(14-6-4-13(3)5-7-14)21(20-16)15-8-9-25(23,24)11-15/h4-7,10,12,15H,8-9,11H2,1-3H3,(H,19,22)/t15-/m1/s1. The number of benzene rings is 1. The fourth-order valence-electron chi connectivity index (χ4n) is 3.03. The van der Waals surface area contributed by atoms with Crippen molar-refractivity contribution in [3.63, 3.8) is 0 Å². The maximum Gasteiger partial charge on any atom is 0.271 e. The zero-order valence-electron chi connectivity index (χ0n) is 14.7. The molecule has 0 saturated carbocycles. The van der Waals surface area contributed by atoms with Crippen LogP contribution in [0.25, 0.3) is 11.3 Å². The van der Waals surface area contributed by atoms with Crippen LogP contribution in [0.2, 0.25) is 0 Å². The van der Waals surface area contributed by atoms with Crippen molar-refractivity contribution in [2.24, 2.45) is 0 Å². The number of rotatable bonds is 4. The summed E-state index contributed by atoms with van der Waals surface area (Å²) >= 11 is 0. The molecule has 1 aromatic heterocycles. The number of sulfone groups is 1. The van der Waals surface area contributed by atoms with E-state index in [4.69, 9.17) is 0 Å². The van der Waals surface area contributed by atoms with E-state index in [0.29, 0.717) is 12.1 Å². The zero-order chi connectivity index (χ0) is 18.2. The number of nitrogens with one attached hydrogen (secondary N) is 1. The lowest BCUT2D eigenvalue weighted by molar-refractivity contribution is 0.0937. The third-order valence-electron chi connectivity index (χ3n) is 4.29. The normalized spacial score (nSPS) is 19.3. The van der Waals surface area contributed by atoms with E-state index in [-0.39, 0.29) is 29.5 Å². The second kappa shape index (κ2) is 6.63. The summed E-state index contributed by atoms with van der Waals surface area (Å²) in [6.45, 7) is 5.78. The number of carbonyl (C=O) groups excluding carboxylic acids is 1. The van der Waals surface area contributed by atoms with Crippen LogP contribution in [0.1, 0.15) is 42.4 Å². The number of aromatic nitrogens is 2. The fraction of sp³-hybridized carbons (Fsp3) is 0.444. The minimum atomic E-state index is -3.04. The number of nitrogens with zero attached hydrogens (tertiary/aromatic N) is 2. The number of amides is 1. The fourth-order valence-corrected chi connectivity index (χ4v) is 4.72. The highest BCUT2D eigenvalue weighted by Crippen LogP contribution is 2.30. The molecule has 1 saturated heterocycles. The maximum atomic E-state index is 12.3. The van der Waals surface area contributed by atoms with Crippen LogP contribution in [0.3, 0.4) is 0 Å². The van der Waals surface area contributed by atoms with E-state index in [0.717, 1.165) is 16.8 Å². The van der Waals surface area contributed by atoms with Crippen LogP contribution in [0, 0.1) is 6.92 Å². The molecule has 25 heavy (non-hydrogen) atoms. The Labute approximate surface area is 148 Å². The van der Waals surface area contributed by atoms with Crippen molar-refractivity contribution in [3.8, 4) is 11.3 Å². The quantitative estimate of drug-likeness (QED) is 0.906. The Kier molecular flexibility index (Phi) is 4.69. The van der Waals surface area contributed by atoms with Crippen molar-refractivity contribution in [1.82, 2.24) is 15.1 Å². The maximum absolute atomic E-state index is 12.3. The predicted octanol–water partition coefficient (Wildman–Crippen LogP) is 2.36. The van der Waals surface area contributed by atoms with E-state index in [1.54, 1.807) is 10.7 Å². The van der Waals surface area contributed by atoms with Crippen LogP contribution >= 0.6 is 0 Å². The molecule has 0 bridgehead atoms. The summed E-state index contributed by atoms with van der Waals surface area (Å²) < 4.78 is 25.5. The van der Waals surface area contributed by atoms with Crippen molar-refractivity contribution in [3.05, 3.63) is 41.6 Å². The van der Waals surface area contributed by atoms with E-state index in [9.17, 15) is 13.2 Å². The van der Waals surface area contributed by atoms with Gasteiger partial charge in [0.05, 0.1) is 23.2 Å². The minimum absolute atomic E-state index is 0.00679. The van der Waals surface area contributed by atoms with E-state index in [2.05, 4.69) is 10.4 Å². The second-order valence-corrected chi connectivity index (χ2v) is 9.14. The molecule has 1 aromatic carbocycles. The van der Waals surface area contributed by atoms with Gasteiger partial charge in [-0.15, -0.1) is 0 Å². The van der Waals surface area contributed by atoms with Crippen LogP contribution in [-0.2, 0) is 9.84 Å². The average Bonchev–Trinajstić information content (AvgIpc) is 3.11. The third kappa shape index (κ3) is 3.92. The van der Waals surface area contributed by atoms with Gasteiger partial charge in [-0.1, -0.05) is 29.8 Å². The highest BCUT2D eigenvalue weighted by Gasteiger charge is 2.32. The van der Waals surface area contributed by atoms with E-state index in [1.165, 1.54) is 0 Å². The minimum Gasteiger partial charge on any atom is -0.348 e. The lowest BCUT2D eigenvalue weighted by atomic mass is 10.1. The molecular weight excluding hydrogens is 338 g/mol. The van der Waals surface area contributed by atoms with Crippen LogP contribution in [0.5, 0.6) is 0 Å². The molecule has 1 N–H and O–H groups in total. The van der Waals surface area contributed by atoms with Gasteiger partial charge in [-0.2, -0.15) is 5.10 Å². The summed E-state index contributed by atoms with van der Waals surface area (Å²) in [6, 6.07) is 9.44. The molecular formula is C18H23N3O3S. The Morgan fingerprint density at radius 3 is 2.52 bits per heavy atom. The Hall–Kier alpha value is -2.15. The smallest absolute Gasteiger partial charge is 0.271 e. The summed E-state index contributed by atoms with van der Waals surface area (Å²) in [5.74, 6) is -0.0140. The van der Waals surface area contributed by atoms with Gasteiger partial charge in [0, 0.05) is 6.04 Å². The first kappa shape index (κ1) is 17.7. The van der Waals surface area contributed by atoms with Gasteiger partial charge in [-0.3, -0.25) is 9.48 Å². The molecule has 134 valence electrons. The summed E-state index contributed by atoms with van der Waals surface area (Å²) in [5.41, 5.74) is 3.15. The first-order chi connectivity index (χ1) is 11.7. The first-order valence-electron chi connectivity index (χ1n) is 8.43. The van der Waals surface area contributed by atoms with E-state index in [1.807, 2.05) is 45.0 Å². The van der Waals surface area contributed by atoms with Crippen molar-refractivity contribution < 1.29 is 13.2 Å². The molecule has 3 rings (SSSR count). The van der Waals surface area contributed by atoms with Gasteiger partial charge >= 0.3 is 0 Å². The summed E-state index contributed by atoms with van der Waals surface area (Å²) in [4.78, 5) is 12.3. The molecule has 1 aliphatic rings. The molecule has 1 aliphatic heterocycles. The largest absolute Gasteiger partial charge is 0.348 e. The molecule has 2 heterocycles. The van der Waals surface area contributed by atoms with Crippen LogP contribution in [0.4, 0.5) is 0 Å². The summed E-state index contributed by atoms with van der Waals surface area (Å²) in [6.07, 6.45) is 0.522. The Balaban J connectivity index is 2.03. The number of hydrogen-bond donors (Lipinski definition) is 1. The average molecular weight is 361 g/mol. The number of hydrogen-bond acceptors (Lipinski definition) is 4. The first-order valence-corrected chi connectivity index (χ1v) is 10.3. The van der Waals surface area contributed by atoms with Gasteiger partial charge in [0.1, 0.15) is 0 Å². The zero-order valence-corrected chi connectivity index (χ0v) is 15.5. The topological polar surface area (TPSA) is 81.1 Å². The van der Waals surface area contributed by atoms with Gasteiger partial charge in [0.15, 0.2) is 15.5 Å². The highest BCUT2D eigenvalue weighted by molar-refractivity contribution is 7.91. The van der Waals surface area contributed by atoms with Crippen molar-refractivity contribution >= 4 is 15.7 Å². The lowest BCUT2D eigenvalue weighted by Gasteiger charge is -2.13. The Morgan fingerprint density at radius 1 is 1.28 bits per heavy atom. The lowest BCUT2D eigenvalue weighted by Crippen LogP contribution is -2.30. The van der Waals surface area contributed by atoms with E-state index < -0.39 is 9.84 Å². The van der Waals surface area contributed by atoms with Crippen molar-refractivity contribution in [2.75, 3.05) is 11.5 Å². The molecule has 6 nitrogen and oxygen atoms in total. The molecule has 1 amide bonds. The highest BCUT2D eigenvalue weighted by atomic mass is 32.2. The molecule has 0 unspecified atom stereocenters. The summed E-state index contributed by atoms with van der Waals surface area (Å²) in [5, 5.41) is 7.28.